The first kappa shape index (κ1) is 11.4. The van der Waals surface area contributed by atoms with Crippen LogP contribution in [0.1, 0.15) is 6.42 Å². The van der Waals surface area contributed by atoms with Crippen LogP contribution in [0.3, 0.4) is 0 Å². The standard InChI is InChI=1S/C10H16BrN3S/c11-2-6-13-4-1-5-14(8-7-13)10-12-3-9-15-10/h3,9H,1-2,4-8H2. The lowest BCUT2D eigenvalue weighted by Gasteiger charge is -2.20. The van der Waals surface area contributed by atoms with E-state index in [0.29, 0.717) is 0 Å². The summed E-state index contributed by atoms with van der Waals surface area (Å²) in [6.07, 6.45) is 3.13. The third-order valence-corrected chi connectivity index (χ3v) is 3.87. The summed E-state index contributed by atoms with van der Waals surface area (Å²) in [5.41, 5.74) is 0. The average molecular weight is 290 g/mol. The fourth-order valence-electron chi connectivity index (χ4n) is 1.88. The van der Waals surface area contributed by atoms with Gasteiger partial charge in [0.2, 0.25) is 0 Å². The maximum atomic E-state index is 4.37. The second-order valence-corrected chi connectivity index (χ2v) is 5.35. The SMILES string of the molecule is BrCCN1CCCN(c2nccs2)CC1. The summed E-state index contributed by atoms with van der Waals surface area (Å²) in [4.78, 5) is 9.29. The topological polar surface area (TPSA) is 19.4 Å². The molecule has 0 N–H and O–H groups in total. The van der Waals surface area contributed by atoms with Gasteiger partial charge >= 0.3 is 0 Å². The van der Waals surface area contributed by atoms with Crippen molar-refractivity contribution in [1.29, 1.82) is 0 Å². The Bertz CT molecular complexity index is 278. The van der Waals surface area contributed by atoms with Crippen molar-refractivity contribution in [2.45, 2.75) is 6.42 Å². The maximum absolute atomic E-state index is 4.37. The summed E-state index contributed by atoms with van der Waals surface area (Å²) >= 11 is 5.24. The van der Waals surface area contributed by atoms with Crippen molar-refractivity contribution in [2.75, 3.05) is 43.0 Å². The van der Waals surface area contributed by atoms with Crippen LogP contribution in [0.25, 0.3) is 0 Å². The van der Waals surface area contributed by atoms with Crippen LogP contribution in [0.15, 0.2) is 11.6 Å². The molecule has 2 rings (SSSR count). The molecule has 1 aromatic rings. The lowest BCUT2D eigenvalue weighted by Crippen LogP contribution is -2.31. The Hall–Kier alpha value is -0.130. The number of rotatable bonds is 3. The van der Waals surface area contributed by atoms with Crippen molar-refractivity contribution in [3.8, 4) is 0 Å². The van der Waals surface area contributed by atoms with Crippen molar-refractivity contribution in [3.63, 3.8) is 0 Å². The van der Waals surface area contributed by atoms with Gasteiger partial charge in [-0.25, -0.2) is 4.98 Å². The molecule has 1 aliphatic heterocycles. The van der Waals surface area contributed by atoms with E-state index in [-0.39, 0.29) is 0 Å². The third-order valence-electron chi connectivity index (χ3n) is 2.68. The van der Waals surface area contributed by atoms with Crippen LogP contribution < -0.4 is 4.90 Å². The Morgan fingerprint density at radius 2 is 2.27 bits per heavy atom. The van der Waals surface area contributed by atoms with Crippen LogP contribution in [0.4, 0.5) is 5.13 Å². The molecule has 0 aromatic carbocycles. The first-order chi connectivity index (χ1) is 7.40. The molecular weight excluding hydrogens is 274 g/mol. The Kier molecular flexibility index (Phi) is 4.41. The lowest BCUT2D eigenvalue weighted by molar-refractivity contribution is 0.313. The minimum absolute atomic E-state index is 1.07. The van der Waals surface area contributed by atoms with Crippen molar-refractivity contribution in [2.24, 2.45) is 0 Å². The molecule has 0 saturated carbocycles. The predicted molar refractivity (Wildman–Crippen MR) is 69.2 cm³/mol. The summed E-state index contributed by atoms with van der Waals surface area (Å²) in [5.74, 6) is 0. The summed E-state index contributed by atoms with van der Waals surface area (Å²) in [6, 6.07) is 0. The van der Waals surface area contributed by atoms with Crippen molar-refractivity contribution in [1.82, 2.24) is 9.88 Å². The highest BCUT2D eigenvalue weighted by molar-refractivity contribution is 9.09. The quantitative estimate of drug-likeness (QED) is 0.794. The first-order valence-corrected chi connectivity index (χ1v) is 7.33. The molecule has 0 unspecified atom stereocenters. The largest absolute Gasteiger partial charge is 0.347 e. The summed E-state index contributed by atoms with van der Waals surface area (Å²) in [7, 11) is 0. The fraction of sp³-hybridized carbons (Fsp3) is 0.700. The highest BCUT2D eigenvalue weighted by Gasteiger charge is 2.15. The van der Waals surface area contributed by atoms with Gasteiger partial charge in [0.1, 0.15) is 0 Å². The average Bonchev–Trinajstić information content (AvgIpc) is 2.67. The van der Waals surface area contributed by atoms with Crippen LogP contribution >= 0.6 is 27.3 Å². The molecule has 5 heteroatoms. The molecule has 2 heterocycles. The van der Waals surface area contributed by atoms with Crippen molar-refractivity contribution >= 4 is 32.4 Å². The third kappa shape index (κ3) is 3.16. The number of hydrogen-bond donors (Lipinski definition) is 0. The van der Waals surface area contributed by atoms with Gasteiger partial charge < -0.3 is 9.80 Å². The van der Waals surface area contributed by atoms with Crippen LogP contribution in [-0.2, 0) is 0 Å². The molecule has 0 atom stereocenters. The van der Waals surface area contributed by atoms with Crippen molar-refractivity contribution in [3.05, 3.63) is 11.6 Å². The normalized spacial score (nSPS) is 19.1. The predicted octanol–water partition coefficient (Wildman–Crippen LogP) is 2.05. The monoisotopic (exact) mass is 289 g/mol. The molecule has 1 fully saturated rings. The highest BCUT2D eigenvalue weighted by atomic mass is 79.9. The summed E-state index contributed by atoms with van der Waals surface area (Å²) in [6.45, 7) is 5.79. The van der Waals surface area contributed by atoms with Gasteiger partial charge in [-0.3, -0.25) is 0 Å². The van der Waals surface area contributed by atoms with Crippen LogP contribution in [0.5, 0.6) is 0 Å². The van der Waals surface area contributed by atoms with E-state index in [9.17, 15) is 0 Å². The van der Waals surface area contributed by atoms with Crippen LogP contribution in [-0.4, -0.2) is 47.9 Å². The molecule has 1 aromatic heterocycles. The van der Waals surface area contributed by atoms with E-state index >= 15 is 0 Å². The zero-order valence-corrected chi connectivity index (χ0v) is 11.1. The van der Waals surface area contributed by atoms with E-state index in [1.54, 1.807) is 11.3 Å². The maximum Gasteiger partial charge on any atom is 0.185 e. The Labute approximate surface area is 103 Å². The van der Waals surface area contributed by atoms with Gasteiger partial charge in [-0.2, -0.15) is 0 Å². The molecule has 0 amide bonds. The Morgan fingerprint density at radius 3 is 3.00 bits per heavy atom. The van der Waals surface area contributed by atoms with Gasteiger partial charge in [-0.1, -0.05) is 15.9 Å². The van der Waals surface area contributed by atoms with E-state index in [2.05, 4.69) is 36.1 Å². The van der Waals surface area contributed by atoms with Gasteiger partial charge in [0.25, 0.3) is 0 Å². The molecule has 0 aliphatic carbocycles. The molecule has 1 aliphatic rings. The molecule has 3 nitrogen and oxygen atoms in total. The molecule has 15 heavy (non-hydrogen) atoms. The lowest BCUT2D eigenvalue weighted by atomic mass is 10.4. The van der Waals surface area contributed by atoms with Gasteiger partial charge in [-0.05, 0) is 13.0 Å². The van der Waals surface area contributed by atoms with Crippen molar-refractivity contribution < 1.29 is 0 Å². The highest BCUT2D eigenvalue weighted by Crippen LogP contribution is 2.18. The Morgan fingerprint density at radius 1 is 1.33 bits per heavy atom. The van der Waals surface area contributed by atoms with Gasteiger partial charge in [-0.15, -0.1) is 11.3 Å². The smallest absolute Gasteiger partial charge is 0.185 e. The van der Waals surface area contributed by atoms with Gasteiger partial charge in [0, 0.05) is 43.1 Å². The van der Waals surface area contributed by atoms with Crippen LogP contribution in [0, 0.1) is 0 Å². The van der Waals surface area contributed by atoms with E-state index < -0.39 is 0 Å². The number of halogens is 1. The number of hydrogen-bond acceptors (Lipinski definition) is 4. The summed E-state index contributed by atoms with van der Waals surface area (Å²) in [5, 5.41) is 4.30. The van der Waals surface area contributed by atoms with E-state index in [4.69, 9.17) is 0 Å². The van der Waals surface area contributed by atoms with E-state index in [1.807, 2.05) is 6.20 Å². The number of aromatic nitrogens is 1. The zero-order valence-electron chi connectivity index (χ0n) is 8.73. The minimum Gasteiger partial charge on any atom is -0.347 e. The summed E-state index contributed by atoms with van der Waals surface area (Å²) < 4.78 is 0. The van der Waals surface area contributed by atoms with E-state index in [1.165, 1.54) is 18.1 Å². The number of anilines is 1. The second kappa shape index (κ2) is 5.82. The molecule has 0 spiro atoms. The van der Waals surface area contributed by atoms with Gasteiger partial charge in [0.05, 0.1) is 0 Å². The molecule has 84 valence electrons. The van der Waals surface area contributed by atoms with Gasteiger partial charge in [0.15, 0.2) is 5.13 Å². The molecule has 1 saturated heterocycles. The fourth-order valence-corrected chi connectivity index (χ4v) is 3.08. The Balaban J connectivity index is 1.90. The zero-order chi connectivity index (χ0) is 10.5. The second-order valence-electron chi connectivity index (χ2n) is 3.69. The first-order valence-electron chi connectivity index (χ1n) is 5.33. The number of nitrogens with zero attached hydrogens (tertiary/aromatic N) is 3. The molecular formula is C10H16BrN3S. The number of alkyl halides is 1. The van der Waals surface area contributed by atoms with E-state index in [0.717, 1.165) is 31.5 Å². The number of thiazole rings is 1. The molecule has 0 bridgehead atoms. The minimum atomic E-state index is 1.07. The molecule has 0 radical (unpaired) electrons. The van der Waals surface area contributed by atoms with Crippen LogP contribution in [0.2, 0.25) is 0 Å².